The van der Waals surface area contributed by atoms with Gasteiger partial charge in [-0.3, -0.25) is 9.59 Å². The normalized spacial score (nSPS) is 21.6. The van der Waals surface area contributed by atoms with Gasteiger partial charge in [-0.05, 0) is 24.1 Å². The highest BCUT2D eigenvalue weighted by Gasteiger charge is 2.36. The fourth-order valence-corrected chi connectivity index (χ4v) is 3.71. The number of carbonyl (C=O) groups is 2. The molecule has 2 unspecified atom stereocenters. The van der Waals surface area contributed by atoms with Gasteiger partial charge in [0, 0.05) is 23.0 Å². The maximum atomic E-state index is 12.2. The van der Waals surface area contributed by atoms with E-state index in [4.69, 9.17) is 28.3 Å². The van der Waals surface area contributed by atoms with Crippen molar-refractivity contribution in [1.82, 2.24) is 4.90 Å². The third-order valence-corrected chi connectivity index (χ3v) is 5.24. The molecule has 1 aromatic rings. The number of benzene rings is 1. The van der Waals surface area contributed by atoms with E-state index in [2.05, 4.69) is 0 Å². The number of halogens is 2. The number of carboxylic acids is 1. The zero-order valence-corrected chi connectivity index (χ0v) is 13.7. The number of hydrogen-bond acceptors (Lipinski definition) is 3. The van der Waals surface area contributed by atoms with E-state index in [1.807, 2.05) is 6.92 Å². The van der Waals surface area contributed by atoms with Crippen molar-refractivity contribution >= 4 is 46.8 Å². The average molecular weight is 348 g/mol. The molecule has 0 radical (unpaired) electrons. The van der Waals surface area contributed by atoms with Gasteiger partial charge in [0.25, 0.3) is 0 Å². The fourth-order valence-electron chi connectivity index (χ4n) is 2.31. The van der Waals surface area contributed by atoms with Crippen molar-refractivity contribution in [1.29, 1.82) is 0 Å². The molecular weight excluding hydrogens is 333 g/mol. The van der Waals surface area contributed by atoms with Crippen molar-refractivity contribution in [3.05, 3.63) is 28.2 Å². The van der Waals surface area contributed by atoms with Crippen molar-refractivity contribution in [2.45, 2.75) is 11.8 Å². The lowest BCUT2D eigenvalue weighted by Crippen LogP contribution is -2.31. The summed E-state index contributed by atoms with van der Waals surface area (Å²) in [6.07, 6.45) is 0. The summed E-state index contributed by atoms with van der Waals surface area (Å²) in [6, 6.07) is 5.10. The number of rotatable bonds is 4. The minimum absolute atomic E-state index is 0.0220. The zero-order valence-electron chi connectivity index (χ0n) is 11.4. The molecule has 1 N–H and O–H groups in total. The van der Waals surface area contributed by atoms with Gasteiger partial charge in [-0.1, -0.05) is 30.1 Å². The highest BCUT2D eigenvalue weighted by atomic mass is 35.5. The highest BCUT2D eigenvalue weighted by molar-refractivity contribution is 8.00. The van der Waals surface area contributed by atoms with Gasteiger partial charge in [-0.2, -0.15) is 0 Å². The van der Waals surface area contributed by atoms with Crippen LogP contribution in [0.5, 0.6) is 0 Å². The van der Waals surface area contributed by atoms with E-state index in [-0.39, 0.29) is 24.1 Å². The molecule has 2 atom stereocenters. The Balaban J connectivity index is 1.94. The average Bonchev–Trinajstić information content (AvgIpc) is 2.82. The first-order valence-electron chi connectivity index (χ1n) is 6.47. The second-order valence-corrected chi connectivity index (χ2v) is 6.94. The fraction of sp³-hybridized carbons (Fsp3) is 0.429. The van der Waals surface area contributed by atoms with Crippen molar-refractivity contribution in [2.75, 3.05) is 18.8 Å². The lowest BCUT2D eigenvalue weighted by atomic mass is 9.99. The smallest absolute Gasteiger partial charge is 0.308 e. The number of carbonyl (C=O) groups excluding carboxylic acids is 1. The molecule has 4 nitrogen and oxygen atoms in total. The molecule has 1 aromatic carbocycles. The van der Waals surface area contributed by atoms with Crippen molar-refractivity contribution in [2.24, 2.45) is 11.8 Å². The zero-order chi connectivity index (χ0) is 15.6. The monoisotopic (exact) mass is 347 g/mol. The van der Waals surface area contributed by atoms with Crippen LogP contribution in [0.25, 0.3) is 0 Å². The van der Waals surface area contributed by atoms with Gasteiger partial charge in [0.05, 0.1) is 16.7 Å². The van der Waals surface area contributed by atoms with E-state index in [9.17, 15) is 9.59 Å². The quantitative estimate of drug-likeness (QED) is 0.849. The molecule has 7 heteroatoms. The lowest BCUT2D eigenvalue weighted by molar-refractivity contribution is -0.142. The first kappa shape index (κ1) is 16.5. The number of carboxylic acid groups (broad SMARTS) is 1. The van der Waals surface area contributed by atoms with E-state index in [1.54, 1.807) is 23.1 Å². The summed E-state index contributed by atoms with van der Waals surface area (Å²) in [6.45, 7) is 2.62. The number of aliphatic carboxylic acids is 1. The molecule has 1 fully saturated rings. The Labute approximate surface area is 137 Å². The Morgan fingerprint density at radius 1 is 1.38 bits per heavy atom. The maximum Gasteiger partial charge on any atom is 0.308 e. The van der Waals surface area contributed by atoms with Crippen LogP contribution < -0.4 is 0 Å². The minimum Gasteiger partial charge on any atom is -0.481 e. The summed E-state index contributed by atoms with van der Waals surface area (Å²) in [4.78, 5) is 25.6. The molecule has 21 heavy (non-hydrogen) atoms. The Kier molecular flexibility index (Phi) is 5.41. The van der Waals surface area contributed by atoms with Crippen molar-refractivity contribution in [3.8, 4) is 0 Å². The molecule has 0 aliphatic carbocycles. The van der Waals surface area contributed by atoms with Gasteiger partial charge >= 0.3 is 5.97 Å². The first-order valence-corrected chi connectivity index (χ1v) is 8.21. The molecule has 1 heterocycles. The third kappa shape index (κ3) is 4.05. The van der Waals surface area contributed by atoms with E-state index in [0.717, 1.165) is 4.90 Å². The molecule has 1 aliphatic rings. The Morgan fingerprint density at radius 2 is 2.10 bits per heavy atom. The molecule has 1 amide bonds. The second-order valence-electron chi connectivity index (χ2n) is 5.08. The third-order valence-electron chi connectivity index (χ3n) is 3.53. The van der Waals surface area contributed by atoms with Crippen LogP contribution in [0.1, 0.15) is 6.92 Å². The topological polar surface area (TPSA) is 57.6 Å². The predicted octanol–water partition coefficient (Wildman–Crippen LogP) is 3.26. The van der Waals surface area contributed by atoms with Crippen LogP contribution in [-0.4, -0.2) is 40.7 Å². The van der Waals surface area contributed by atoms with Gasteiger partial charge in [0.15, 0.2) is 0 Å². The molecule has 0 aromatic heterocycles. The van der Waals surface area contributed by atoms with Gasteiger partial charge in [0.1, 0.15) is 0 Å². The Hall–Kier alpha value is -0.910. The number of thioether (sulfide) groups is 1. The Bertz CT molecular complexity index is 567. The van der Waals surface area contributed by atoms with Crippen LogP contribution in [-0.2, 0) is 9.59 Å². The van der Waals surface area contributed by atoms with Gasteiger partial charge in [-0.15, -0.1) is 11.8 Å². The van der Waals surface area contributed by atoms with E-state index >= 15 is 0 Å². The standard InChI is InChI=1S/C14H15Cl2NO3S/c1-8-5-17(6-10(8)14(19)20)13(18)7-21-12-4-9(15)2-3-11(12)16/h2-4,8,10H,5-7H2,1H3,(H,19,20). The molecular formula is C14H15Cl2NO3S. The van der Waals surface area contributed by atoms with Crippen LogP contribution in [0.4, 0.5) is 0 Å². The van der Waals surface area contributed by atoms with Crippen LogP contribution in [0.3, 0.4) is 0 Å². The number of nitrogens with zero attached hydrogens (tertiary/aromatic N) is 1. The van der Waals surface area contributed by atoms with Crippen LogP contribution >= 0.6 is 35.0 Å². The molecule has 114 valence electrons. The molecule has 0 bridgehead atoms. The minimum atomic E-state index is -0.844. The SMILES string of the molecule is CC1CN(C(=O)CSc2cc(Cl)ccc2Cl)CC1C(=O)O. The van der Waals surface area contributed by atoms with Crippen LogP contribution in [0, 0.1) is 11.8 Å². The number of amides is 1. The van der Waals surface area contributed by atoms with Gasteiger partial charge < -0.3 is 10.0 Å². The van der Waals surface area contributed by atoms with Crippen molar-refractivity contribution < 1.29 is 14.7 Å². The molecule has 0 spiro atoms. The number of hydrogen-bond donors (Lipinski definition) is 1. The molecule has 0 saturated carbocycles. The van der Waals surface area contributed by atoms with E-state index in [0.29, 0.717) is 16.6 Å². The lowest BCUT2D eigenvalue weighted by Gasteiger charge is -2.15. The summed E-state index contributed by atoms with van der Waals surface area (Å²) >= 11 is 13.3. The second kappa shape index (κ2) is 6.90. The molecule has 1 aliphatic heterocycles. The van der Waals surface area contributed by atoms with E-state index < -0.39 is 11.9 Å². The summed E-state index contributed by atoms with van der Waals surface area (Å²) < 4.78 is 0. The number of likely N-dealkylation sites (tertiary alicyclic amines) is 1. The molecule has 2 rings (SSSR count). The van der Waals surface area contributed by atoms with Gasteiger partial charge in [-0.25, -0.2) is 0 Å². The highest BCUT2D eigenvalue weighted by Crippen LogP contribution is 2.31. The Morgan fingerprint density at radius 3 is 2.71 bits per heavy atom. The molecule has 1 saturated heterocycles. The summed E-state index contributed by atoms with van der Waals surface area (Å²) in [5.74, 6) is -1.20. The largest absolute Gasteiger partial charge is 0.481 e. The van der Waals surface area contributed by atoms with Gasteiger partial charge in [0.2, 0.25) is 5.91 Å². The maximum absolute atomic E-state index is 12.2. The summed E-state index contributed by atoms with van der Waals surface area (Å²) in [5, 5.41) is 10.2. The first-order chi connectivity index (χ1) is 9.88. The van der Waals surface area contributed by atoms with E-state index in [1.165, 1.54) is 11.8 Å². The predicted molar refractivity (Wildman–Crippen MR) is 84.1 cm³/mol. The summed E-state index contributed by atoms with van der Waals surface area (Å²) in [5.41, 5.74) is 0. The van der Waals surface area contributed by atoms with Crippen LogP contribution in [0.15, 0.2) is 23.1 Å². The summed E-state index contributed by atoms with van der Waals surface area (Å²) in [7, 11) is 0. The van der Waals surface area contributed by atoms with Crippen molar-refractivity contribution in [3.63, 3.8) is 0 Å². The van der Waals surface area contributed by atoms with Crippen LogP contribution in [0.2, 0.25) is 10.0 Å².